The van der Waals surface area contributed by atoms with Crippen molar-refractivity contribution in [3.63, 3.8) is 0 Å². The highest BCUT2D eigenvalue weighted by molar-refractivity contribution is 7.03. The van der Waals surface area contributed by atoms with Crippen molar-refractivity contribution in [3.05, 3.63) is 10.9 Å². The van der Waals surface area contributed by atoms with Crippen LogP contribution >= 0.6 is 11.5 Å². The molecule has 0 N–H and O–H groups in total. The second kappa shape index (κ2) is 2.92. The molecule has 1 heterocycles. The van der Waals surface area contributed by atoms with Gasteiger partial charge in [-0.15, -0.1) is 0 Å². The summed E-state index contributed by atoms with van der Waals surface area (Å²) in [6.07, 6.45) is 0. The van der Waals surface area contributed by atoms with E-state index < -0.39 is 6.61 Å². The van der Waals surface area contributed by atoms with Crippen molar-refractivity contribution >= 4 is 11.5 Å². The van der Waals surface area contributed by atoms with E-state index in [0.717, 1.165) is 11.5 Å². The Hall–Kier alpha value is -0.710. The highest BCUT2D eigenvalue weighted by Gasteiger charge is 2.08. The van der Waals surface area contributed by atoms with Crippen molar-refractivity contribution in [2.75, 3.05) is 0 Å². The molecule has 0 aliphatic rings. The van der Waals surface area contributed by atoms with Gasteiger partial charge in [0.25, 0.3) is 0 Å². The van der Waals surface area contributed by atoms with E-state index in [1.165, 1.54) is 0 Å². The first-order valence-electron chi connectivity index (χ1n) is 2.56. The molecule has 1 aromatic rings. The molecule has 0 saturated carbocycles. The van der Waals surface area contributed by atoms with E-state index in [0.29, 0.717) is 5.56 Å². The Morgan fingerprint density at radius 3 is 2.80 bits per heavy atom. The monoisotopic (exact) mass is 165 g/mol. The van der Waals surface area contributed by atoms with Crippen LogP contribution < -0.4 is 4.74 Å². The second-order valence-electron chi connectivity index (χ2n) is 1.68. The van der Waals surface area contributed by atoms with Gasteiger partial charge >= 0.3 is 6.61 Å². The molecular formula is C5H5F2NOS. The molecule has 56 valence electrons. The van der Waals surface area contributed by atoms with Gasteiger partial charge in [0.1, 0.15) is 0 Å². The second-order valence-corrected chi connectivity index (χ2v) is 2.31. The Morgan fingerprint density at radius 1 is 1.70 bits per heavy atom. The highest BCUT2D eigenvalue weighted by Crippen LogP contribution is 2.18. The minimum Gasteiger partial charge on any atom is -0.416 e. The molecule has 2 nitrogen and oxygen atoms in total. The molecule has 0 amide bonds. The maximum Gasteiger partial charge on any atom is 0.388 e. The summed E-state index contributed by atoms with van der Waals surface area (Å²) in [5, 5.41) is 1.65. The summed E-state index contributed by atoms with van der Waals surface area (Å²) in [5.41, 5.74) is 0.644. The molecular weight excluding hydrogens is 160 g/mol. The van der Waals surface area contributed by atoms with E-state index in [4.69, 9.17) is 0 Å². The number of halogens is 2. The van der Waals surface area contributed by atoms with Gasteiger partial charge in [0, 0.05) is 10.9 Å². The zero-order valence-electron chi connectivity index (χ0n) is 5.17. The molecule has 0 aliphatic heterocycles. The van der Waals surface area contributed by atoms with Crippen LogP contribution in [0.25, 0.3) is 0 Å². The summed E-state index contributed by atoms with van der Waals surface area (Å²) in [6.45, 7) is -1.11. The first kappa shape index (κ1) is 7.40. The average molecular weight is 165 g/mol. The Labute approximate surface area is 60.6 Å². The van der Waals surface area contributed by atoms with Gasteiger partial charge in [-0.05, 0) is 18.5 Å². The van der Waals surface area contributed by atoms with Crippen LogP contribution in [0.3, 0.4) is 0 Å². The molecule has 0 aromatic carbocycles. The highest BCUT2D eigenvalue weighted by atomic mass is 32.1. The lowest BCUT2D eigenvalue weighted by atomic mass is 10.4. The van der Waals surface area contributed by atoms with Gasteiger partial charge in [-0.2, -0.15) is 13.2 Å². The smallest absolute Gasteiger partial charge is 0.388 e. The summed E-state index contributed by atoms with van der Waals surface area (Å²) in [6, 6.07) is 0. The van der Waals surface area contributed by atoms with Gasteiger partial charge in [0.15, 0.2) is 0 Å². The molecule has 0 bridgehead atoms. The van der Waals surface area contributed by atoms with Crippen LogP contribution in [-0.4, -0.2) is 11.0 Å². The third-order valence-corrected chi connectivity index (χ3v) is 1.63. The lowest BCUT2D eigenvalue weighted by molar-refractivity contribution is -0.0526. The van der Waals surface area contributed by atoms with Crippen LogP contribution in [0.15, 0.2) is 5.38 Å². The third kappa shape index (κ3) is 1.63. The van der Waals surface area contributed by atoms with E-state index in [1.807, 2.05) is 0 Å². The third-order valence-electron chi connectivity index (χ3n) is 0.903. The standard InChI is InChI=1S/C5H5F2NOS/c1-3-2-10-8-4(3)9-5(6)7/h2,5H,1H3. The number of rotatable bonds is 2. The van der Waals surface area contributed by atoms with Crippen molar-refractivity contribution < 1.29 is 13.5 Å². The van der Waals surface area contributed by atoms with Gasteiger partial charge in [-0.25, -0.2) is 0 Å². The molecule has 0 saturated heterocycles. The van der Waals surface area contributed by atoms with Gasteiger partial charge in [-0.1, -0.05) is 0 Å². The summed E-state index contributed by atoms with van der Waals surface area (Å²) in [4.78, 5) is 0. The SMILES string of the molecule is Cc1csnc1OC(F)F. The molecule has 5 heteroatoms. The van der Waals surface area contributed by atoms with Crippen molar-refractivity contribution in [2.45, 2.75) is 13.5 Å². The van der Waals surface area contributed by atoms with Gasteiger partial charge in [-0.3, -0.25) is 0 Å². The summed E-state index contributed by atoms with van der Waals surface area (Å²) in [7, 11) is 0. The molecule has 0 spiro atoms. The number of hydrogen-bond acceptors (Lipinski definition) is 3. The van der Waals surface area contributed by atoms with E-state index in [2.05, 4.69) is 9.11 Å². The first-order valence-corrected chi connectivity index (χ1v) is 3.39. The molecule has 0 fully saturated rings. The molecule has 1 rings (SSSR count). The number of nitrogens with zero attached hydrogens (tertiary/aromatic N) is 1. The van der Waals surface area contributed by atoms with Crippen LogP contribution in [0.1, 0.15) is 5.56 Å². The number of aryl methyl sites for hydroxylation is 1. The minimum atomic E-state index is -2.78. The fourth-order valence-electron chi connectivity index (χ4n) is 0.475. The topological polar surface area (TPSA) is 22.1 Å². The number of aromatic nitrogens is 1. The van der Waals surface area contributed by atoms with Crippen molar-refractivity contribution in [1.82, 2.24) is 4.37 Å². The zero-order valence-corrected chi connectivity index (χ0v) is 5.99. The van der Waals surface area contributed by atoms with E-state index in [-0.39, 0.29) is 5.88 Å². The molecule has 0 radical (unpaired) electrons. The molecule has 0 aliphatic carbocycles. The molecule has 10 heavy (non-hydrogen) atoms. The van der Waals surface area contributed by atoms with Crippen molar-refractivity contribution in [2.24, 2.45) is 0 Å². The fourth-order valence-corrected chi connectivity index (χ4v) is 1.07. The van der Waals surface area contributed by atoms with Gasteiger partial charge in [0.2, 0.25) is 5.88 Å². The Morgan fingerprint density at radius 2 is 2.40 bits per heavy atom. The van der Waals surface area contributed by atoms with Crippen LogP contribution in [0.5, 0.6) is 5.88 Å². The summed E-state index contributed by atoms with van der Waals surface area (Å²) < 4.78 is 30.7. The van der Waals surface area contributed by atoms with Crippen molar-refractivity contribution in [3.8, 4) is 5.88 Å². The predicted octanol–water partition coefficient (Wildman–Crippen LogP) is 2.05. The normalized spacial score (nSPS) is 10.4. The predicted molar refractivity (Wildman–Crippen MR) is 33.5 cm³/mol. The largest absolute Gasteiger partial charge is 0.416 e. The van der Waals surface area contributed by atoms with E-state index in [9.17, 15) is 8.78 Å². The molecule has 0 unspecified atom stereocenters. The first-order chi connectivity index (χ1) is 4.70. The number of ether oxygens (including phenoxy) is 1. The lowest BCUT2D eigenvalue weighted by Gasteiger charge is -1.99. The quantitative estimate of drug-likeness (QED) is 0.669. The van der Waals surface area contributed by atoms with E-state index in [1.54, 1.807) is 12.3 Å². The zero-order chi connectivity index (χ0) is 7.56. The average Bonchev–Trinajstić information content (AvgIpc) is 2.15. The van der Waals surface area contributed by atoms with Crippen LogP contribution in [0.4, 0.5) is 8.78 Å². The van der Waals surface area contributed by atoms with E-state index >= 15 is 0 Å². The summed E-state index contributed by atoms with van der Waals surface area (Å²) in [5.74, 6) is 0.0278. The molecule has 1 aromatic heterocycles. The fraction of sp³-hybridized carbons (Fsp3) is 0.400. The van der Waals surface area contributed by atoms with Crippen LogP contribution in [0.2, 0.25) is 0 Å². The Balaban J connectivity index is 2.65. The lowest BCUT2D eigenvalue weighted by Crippen LogP contribution is -2.02. The Kier molecular flexibility index (Phi) is 2.16. The maximum absolute atomic E-state index is 11.5. The molecule has 0 atom stereocenters. The minimum absolute atomic E-state index is 0.0278. The number of hydrogen-bond donors (Lipinski definition) is 0. The maximum atomic E-state index is 11.5. The van der Waals surface area contributed by atoms with Crippen LogP contribution in [-0.2, 0) is 0 Å². The van der Waals surface area contributed by atoms with Gasteiger partial charge in [0.05, 0.1) is 0 Å². The number of alkyl halides is 2. The van der Waals surface area contributed by atoms with Crippen molar-refractivity contribution in [1.29, 1.82) is 0 Å². The van der Waals surface area contributed by atoms with Gasteiger partial charge < -0.3 is 4.74 Å². The summed E-state index contributed by atoms with van der Waals surface area (Å²) >= 11 is 1.10. The van der Waals surface area contributed by atoms with Crippen LogP contribution in [0, 0.1) is 6.92 Å². The Bertz CT molecular complexity index is 213.